The Labute approximate surface area is 142 Å². The number of hydrogen-bond acceptors (Lipinski definition) is 5. The van der Waals surface area contributed by atoms with E-state index in [1.54, 1.807) is 13.0 Å². The van der Waals surface area contributed by atoms with Crippen LogP contribution in [0.5, 0.6) is 5.88 Å². The minimum absolute atomic E-state index is 0.134. The van der Waals surface area contributed by atoms with Crippen LogP contribution in [0.4, 0.5) is 0 Å². The molecule has 1 saturated carbocycles. The lowest BCUT2D eigenvalue weighted by atomic mass is 10.1. The van der Waals surface area contributed by atoms with E-state index < -0.39 is 5.97 Å². The van der Waals surface area contributed by atoms with Gasteiger partial charge in [-0.1, -0.05) is 18.2 Å². The second kappa shape index (κ2) is 6.08. The Morgan fingerprint density at radius 2 is 2.12 bits per heavy atom. The lowest BCUT2D eigenvalue weighted by molar-refractivity contribution is -0.136. The summed E-state index contributed by atoms with van der Waals surface area (Å²) in [6.07, 6.45) is 3.65. The fourth-order valence-electron chi connectivity index (χ4n) is 2.69. The zero-order valence-corrected chi connectivity index (χ0v) is 13.7. The van der Waals surface area contributed by atoms with E-state index in [2.05, 4.69) is 15.2 Å². The number of hydrogen-bond donors (Lipinski definition) is 2. The molecule has 0 amide bonds. The predicted molar refractivity (Wildman–Crippen MR) is 90.3 cm³/mol. The third-order valence-electron chi connectivity index (χ3n) is 4.02. The van der Waals surface area contributed by atoms with E-state index in [0.717, 1.165) is 12.8 Å². The Balaban J connectivity index is 1.83. The highest BCUT2D eigenvalue weighted by Gasteiger charge is 2.27. The van der Waals surface area contributed by atoms with E-state index in [1.807, 2.05) is 24.3 Å². The molecule has 1 aliphatic carbocycles. The first-order valence-corrected chi connectivity index (χ1v) is 8.22. The van der Waals surface area contributed by atoms with E-state index in [-0.39, 0.29) is 18.3 Å². The standard InChI is InChI=1S/C18H17N3O4/c1-2-24-18(23)15-11-5-3-4-6-13(11)19-14(15)9-12-16(22)20-21-17(12)25-10-7-8-10/h3-6,9-10H,2,7-8H2,1H3,(H2,20,21,22). The first kappa shape index (κ1) is 15.4. The van der Waals surface area contributed by atoms with Crippen molar-refractivity contribution in [3.05, 3.63) is 56.5 Å². The van der Waals surface area contributed by atoms with Crippen LogP contribution in [0.1, 0.15) is 25.3 Å². The maximum Gasteiger partial charge on any atom is 0.341 e. The Morgan fingerprint density at radius 1 is 1.32 bits per heavy atom. The summed E-state index contributed by atoms with van der Waals surface area (Å²) < 4.78 is 10.9. The molecule has 2 aromatic rings. The molecule has 0 unspecified atom stereocenters. The fraction of sp³-hybridized carbons (Fsp3) is 0.278. The smallest absolute Gasteiger partial charge is 0.341 e. The summed E-state index contributed by atoms with van der Waals surface area (Å²) >= 11 is 0. The van der Waals surface area contributed by atoms with Crippen molar-refractivity contribution in [2.24, 2.45) is 4.99 Å². The number of carbonyl (C=O) groups excluding carboxylic acids is 1. The van der Waals surface area contributed by atoms with Gasteiger partial charge in [-0.3, -0.25) is 15.0 Å². The molecule has 2 aliphatic rings. The van der Waals surface area contributed by atoms with E-state index in [4.69, 9.17) is 9.47 Å². The molecule has 7 heteroatoms. The molecule has 7 nitrogen and oxygen atoms in total. The molecule has 1 aromatic carbocycles. The zero-order valence-electron chi connectivity index (χ0n) is 13.7. The van der Waals surface area contributed by atoms with Crippen molar-refractivity contribution in [2.75, 3.05) is 6.61 Å². The number of rotatable bonds is 5. The number of para-hydroxylation sites is 1. The second-order valence-electron chi connectivity index (χ2n) is 5.89. The predicted octanol–water partition coefficient (Wildman–Crippen LogP) is 0.632. The first-order valence-electron chi connectivity index (χ1n) is 8.22. The van der Waals surface area contributed by atoms with E-state index in [9.17, 15) is 9.59 Å². The maximum absolute atomic E-state index is 12.4. The van der Waals surface area contributed by atoms with Gasteiger partial charge < -0.3 is 9.47 Å². The number of ether oxygens (including phenoxy) is 2. The lowest BCUT2D eigenvalue weighted by Crippen LogP contribution is -2.25. The molecule has 1 aliphatic heterocycles. The van der Waals surface area contributed by atoms with Crippen LogP contribution in [0.15, 0.2) is 39.7 Å². The molecule has 1 aromatic heterocycles. The van der Waals surface area contributed by atoms with Gasteiger partial charge in [0.25, 0.3) is 5.56 Å². The van der Waals surface area contributed by atoms with Gasteiger partial charge in [-0.05, 0) is 31.9 Å². The molecule has 0 saturated heterocycles. The summed E-state index contributed by atoms with van der Waals surface area (Å²) in [5, 5.41) is 6.63. The van der Waals surface area contributed by atoms with Crippen molar-refractivity contribution in [3.63, 3.8) is 0 Å². The largest absolute Gasteiger partial charge is 0.474 e. The molecule has 4 rings (SSSR count). The average molecular weight is 339 g/mol. The van der Waals surface area contributed by atoms with Gasteiger partial charge in [-0.2, -0.15) is 0 Å². The topological polar surface area (TPSA) is 96.5 Å². The number of carbonyl (C=O) groups is 1. The van der Waals surface area contributed by atoms with Crippen LogP contribution in [0.25, 0.3) is 11.6 Å². The average Bonchev–Trinajstić information content (AvgIpc) is 3.25. The molecular weight excluding hydrogens is 322 g/mol. The highest BCUT2D eigenvalue weighted by atomic mass is 16.5. The van der Waals surface area contributed by atoms with Gasteiger partial charge >= 0.3 is 5.97 Å². The van der Waals surface area contributed by atoms with Crippen LogP contribution in [0.2, 0.25) is 0 Å². The molecule has 128 valence electrons. The van der Waals surface area contributed by atoms with Crippen LogP contribution >= 0.6 is 0 Å². The number of aromatic nitrogens is 2. The molecule has 0 bridgehead atoms. The Hall–Kier alpha value is -3.09. The molecule has 1 fully saturated rings. The molecule has 0 radical (unpaired) electrons. The number of nitrogens with zero attached hydrogens (tertiary/aromatic N) is 1. The van der Waals surface area contributed by atoms with Crippen LogP contribution in [-0.4, -0.2) is 28.9 Å². The number of fused-ring (bicyclic) bond motifs is 1. The number of benzene rings is 1. The minimum Gasteiger partial charge on any atom is -0.474 e. The Kier molecular flexibility index (Phi) is 3.76. The third-order valence-corrected chi connectivity index (χ3v) is 4.02. The lowest BCUT2D eigenvalue weighted by Gasteiger charge is -2.05. The fourth-order valence-corrected chi connectivity index (χ4v) is 2.69. The number of nitrogens with one attached hydrogen (secondary N) is 2. The third kappa shape index (κ3) is 2.88. The van der Waals surface area contributed by atoms with Gasteiger partial charge in [0.15, 0.2) is 0 Å². The van der Waals surface area contributed by atoms with Crippen LogP contribution in [0.3, 0.4) is 0 Å². The monoisotopic (exact) mass is 339 g/mol. The van der Waals surface area contributed by atoms with Crippen LogP contribution < -0.4 is 20.9 Å². The highest BCUT2D eigenvalue weighted by Crippen LogP contribution is 2.28. The minimum atomic E-state index is -0.459. The molecule has 25 heavy (non-hydrogen) atoms. The van der Waals surface area contributed by atoms with Gasteiger partial charge in [-0.25, -0.2) is 9.79 Å². The zero-order chi connectivity index (χ0) is 17.4. The van der Waals surface area contributed by atoms with Crippen molar-refractivity contribution in [2.45, 2.75) is 25.9 Å². The van der Waals surface area contributed by atoms with Gasteiger partial charge in [0.1, 0.15) is 11.7 Å². The van der Waals surface area contributed by atoms with E-state index in [0.29, 0.717) is 33.3 Å². The summed E-state index contributed by atoms with van der Waals surface area (Å²) in [5.41, 5.74) is 0.749. The molecule has 0 spiro atoms. The summed E-state index contributed by atoms with van der Waals surface area (Å²) in [6, 6.07) is 7.31. The van der Waals surface area contributed by atoms with Gasteiger partial charge in [0.05, 0.1) is 23.2 Å². The summed E-state index contributed by atoms with van der Waals surface area (Å²) in [4.78, 5) is 29.0. The molecule has 2 heterocycles. The Bertz CT molecular complexity index is 1040. The van der Waals surface area contributed by atoms with Crippen molar-refractivity contribution in [1.82, 2.24) is 10.2 Å². The summed E-state index contributed by atoms with van der Waals surface area (Å²) in [7, 11) is 0. The molecular formula is C18H17N3O4. The SMILES string of the molecule is CCOC(=O)C1=c2ccccc2=NC1=Cc1c(OC2CC2)[nH][nH]c1=O. The number of aromatic amines is 2. The molecule has 0 atom stereocenters. The van der Waals surface area contributed by atoms with E-state index in [1.165, 1.54) is 0 Å². The normalized spacial score (nSPS) is 17.3. The number of H-pyrrole nitrogens is 2. The van der Waals surface area contributed by atoms with E-state index >= 15 is 0 Å². The van der Waals surface area contributed by atoms with Crippen molar-refractivity contribution >= 4 is 17.6 Å². The first-order chi connectivity index (χ1) is 12.2. The van der Waals surface area contributed by atoms with Gasteiger partial charge in [-0.15, -0.1) is 0 Å². The van der Waals surface area contributed by atoms with Crippen LogP contribution in [-0.2, 0) is 9.53 Å². The second-order valence-corrected chi connectivity index (χ2v) is 5.89. The van der Waals surface area contributed by atoms with Crippen molar-refractivity contribution in [1.29, 1.82) is 0 Å². The summed E-state index contributed by atoms with van der Waals surface area (Å²) in [5.74, 6) is -0.0894. The maximum atomic E-state index is 12.4. The van der Waals surface area contributed by atoms with Crippen molar-refractivity contribution in [3.8, 4) is 5.88 Å². The molecule has 2 N–H and O–H groups in total. The van der Waals surface area contributed by atoms with Gasteiger partial charge in [0, 0.05) is 5.22 Å². The highest BCUT2D eigenvalue weighted by molar-refractivity contribution is 6.17. The summed E-state index contributed by atoms with van der Waals surface area (Å²) in [6.45, 7) is 2.01. The van der Waals surface area contributed by atoms with Gasteiger partial charge in [0.2, 0.25) is 5.88 Å². The van der Waals surface area contributed by atoms with Crippen LogP contribution in [0, 0.1) is 0 Å². The number of esters is 1. The Morgan fingerprint density at radius 3 is 2.88 bits per heavy atom. The quantitative estimate of drug-likeness (QED) is 0.781. The van der Waals surface area contributed by atoms with Crippen molar-refractivity contribution < 1.29 is 14.3 Å².